The van der Waals surface area contributed by atoms with E-state index in [2.05, 4.69) is 17.9 Å². The second-order valence-electron chi connectivity index (χ2n) is 6.04. The Kier molecular flexibility index (Phi) is 4.81. The Balaban J connectivity index is 2.14. The summed E-state index contributed by atoms with van der Waals surface area (Å²) >= 11 is 0. The van der Waals surface area contributed by atoms with E-state index in [-0.39, 0.29) is 23.9 Å². The fourth-order valence-corrected chi connectivity index (χ4v) is 3.78. The molecule has 1 aliphatic heterocycles. The zero-order valence-corrected chi connectivity index (χ0v) is 11.8. The first-order chi connectivity index (χ1) is 9.17. The minimum absolute atomic E-state index is 0.0720. The molecular formula is C15H25N3O. The summed E-state index contributed by atoms with van der Waals surface area (Å²) in [6, 6.07) is 2.55. The van der Waals surface area contributed by atoms with Crippen LogP contribution in [-0.2, 0) is 4.79 Å². The van der Waals surface area contributed by atoms with Crippen LogP contribution in [0.3, 0.4) is 0 Å². The normalized spacial score (nSPS) is 36.6. The Bertz CT molecular complexity index is 363. The van der Waals surface area contributed by atoms with E-state index in [0.717, 1.165) is 45.1 Å². The summed E-state index contributed by atoms with van der Waals surface area (Å²) in [5.41, 5.74) is 5.55. The summed E-state index contributed by atoms with van der Waals surface area (Å²) in [6.45, 7) is 3.14. The molecule has 1 heterocycles. The molecule has 0 aromatic heterocycles. The van der Waals surface area contributed by atoms with Gasteiger partial charge in [0.05, 0.1) is 18.0 Å². The fourth-order valence-electron chi connectivity index (χ4n) is 3.78. The van der Waals surface area contributed by atoms with Crippen LogP contribution < -0.4 is 5.73 Å². The van der Waals surface area contributed by atoms with Crippen molar-refractivity contribution in [2.45, 2.75) is 64.0 Å². The average molecular weight is 263 g/mol. The van der Waals surface area contributed by atoms with Crippen molar-refractivity contribution in [3.63, 3.8) is 0 Å². The molecule has 2 fully saturated rings. The van der Waals surface area contributed by atoms with Gasteiger partial charge in [0.2, 0.25) is 5.91 Å². The molecule has 4 nitrogen and oxygen atoms in total. The van der Waals surface area contributed by atoms with E-state index in [9.17, 15) is 10.1 Å². The summed E-state index contributed by atoms with van der Waals surface area (Å²) in [7, 11) is 0. The Labute approximate surface area is 115 Å². The van der Waals surface area contributed by atoms with E-state index in [0.29, 0.717) is 5.92 Å². The van der Waals surface area contributed by atoms with Crippen molar-refractivity contribution in [1.82, 2.24) is 4.90 Å². The number of carbonyl (C=O) groups is 1. The maximum Gasteiger partial charge on any atom is 0.234 e. The van der Waals surface area contributed by atoms with Crippen molar-refractivity contribution >= 4 is 5.91 Å². The summed E-state index contributed by atoms with van der Waals surface area (Å²) in [6.07, 6.45) is 7.41. The van der Waals surface area contributed by atoms with Crippen LogP contribution in [0.2, 0.25) is 0 Å². The topological polar surface area (TPSA) is 70.1 Å². The predicted octanol–water partition coefficient (Wildman–Crippen LogP) is 2.04. The van der Waals surface area contributed by atoms with Crippen LogP contribution in [-0.4, -0.2) is 29.4 Å². The molecule has 0 bridgehead atoms. The van der Waals surface area contributed by atoms with Crippen LogP contribution >= 0.6 is 0 Å². The lowest BCUT2D eigenvalue weighted by atomic mass is 9.76. The third kappa shape index (κ3) is 3.09. The Hall–Kier alpha value is -1.08. The molecule has 0 aromatic carbocycles. The van der Waals surface area contributed by atoms with Gasteiger partial charge < -0.3 is 5.73 Å². The minimum Gasteiger partial charge on any atom is -0.368 e. The lowest BCUT2D eigenvalue weighted by Gasteiger charge is -2.45. The number of rotatable bonds is 3. The van der Waals surface area contributed by atoms with Gasteiger partial charge in [-0.05, 0) is 44.6 Å². The van der Waals surface area contributed by atoms with Crippen molar-refractivity contribution in [3.8, 4) is 6.07 Å². The van der Waals surface area contributed by atoms with Crippen molar-refractivity contribution in [3.05, 3.63) is 0 Å². The van der Waals surface area contributed by atoms with Gasteiger partial charge in [0.1, 0.15) is 0 Å². The first-order valence-corrected chi connectivity index (χ1v) is 7.62. The highest BCUT2D eigenvalue weighted by atomic mass is 16.1. The van der Waals surface area contributed by atoms with E-state index in [1.807, 2.05) is 0 Å². The molecule has 1 saturated carbocycles. The highest BCUT2D eigenvalue weighted by Gasteiger charge is 2.39. The first kappa shape index (κ1) is 14.3. The lowest BCUT2D eigenvalue weighted by molar-refractivity contribution is -0.126. The molecule has 0 spiro atoms. The highest BCUT2D eigenvalue weighted by Crippen LogP contribution is 2.36. The van der Waals surface area contributed by atoms with Gasteiger partial charge in [0.15, 0.2) is 0 Å². The third-order valence-electron chi connectivity index (χ3n) is 4.97. The van der Waals surface area contributed by atoms with Gasteiger partial charge in [-0.3, -0.25) is 9.69 Å². The Morgan fingerprint density at radius 1 is 1.37 bits per heavy atom. The molecular weight excluding hydrogens is 238 g/mol. The van der Waals surface area contributed by atoms with Crippen LogP contribution in [0.15, 0.2) is 0 Å². The van der Waals surface area contributed by atoms with Crippen LogP contribution in [0.25, 0.3) is 0 Å². The second kappa shape index (κ2) is 6.38. The number of hydrogen-bond donors (Lipinski definition) is 1. The number of nitrogens with zero attached hydrogens (tertiary/aromatic N) is 2. The SMILES string of the molecule is CCC1CCC(C#N)C(N2CCCCC2C(N)=O)C1. The summed E-state index contributed by atoms with van der Waals surface area (Å²) in [5.74, 6) is 0.558. The van der Waals surface area contributed by atoms with Crippen molar-refractivity contribution in [2.24, 2.45) is 17.6 Å². The lowest BCUT2D eigenvalue weighted by Crippen LogP contribution is -2.55. The number of likely N-dealkylation sites (tertiary alicyclic amines) is 1. The van der Waals surface area contributed by atoms with Gasteiger partial charge in [0.25, 0.3) is 0 Å². The minimum atomic E-state index is -0.213. The smallest absolute Gasteiger partial charge is 0.234 e. The molecule has 1 amide bonds. The molecule has 19 heavy (non-hydrogen) atoms. The number of carbonyl (C=O) groups excluding carboxylic acids is 1. The average Bonchev–Trinajstić information content (AvgIpc) is 2.46. The van der Waals surface area contributed by atoms with E-state index in [1.165, 1.54) is 6.42 Å². The van der Waals surface area contributed by atoms with Crippen LogP contribution in [0.4, 0.5) is 0 Å². The number of primary amides is 1. The summed E-state index contributed by atoms with van der Waals surface area (Å²) in [4.78, 5) is 13.9. The molecule has 2 rings (SSSR count). The summed E-state index contributed by atoms with van der Waals surface area (Å²) < 4.78 is 0. The van der Waals surface area contributed by atoms with Gasteiger partial charge in [-0.1, -0.05) is 19.8 Å². The van der Waals surface area contributed by atoms with Gasteiger partial charge in [-0.15, -0.1) is 0 Å². The van der Waals surface area contributed by atoms with Crippen LogP contribution in [0.1, 0.15) is 51.9 Å². The fraction of sp³-hybridized carbons (Fsp3) is 0.867. The Morgan fingerprint density at radius 3 is 2.79 bits per heavy atom. The van der Waals surface area contributed by atoms with E-state index >= 15 is 0 Å². The molecule has 0 radical (unpaired) electrons. The van der Waals surface area contributed by atoms with Crippen molar-refractivity contribution < 1.29 is 4.79 Å². The van der Waals surface area contributed by atoms with Gasteiger partial charge in [0, 0.05) is 6.04 Å². The molecule has 4 heteroatoms. The van der Waals surface area contributed by atoms with Crippen molar-refractivity contribution in [1.29, 1.82) is 5.26 Å². The van der Waals surface area contributed by atoms with Crippen LogP contribution in [0, 0.1) is 23.2 Å². The van der Waals surface area contributed by atoms with Gasteiger partial charge in [-0.25, -0.2) is 0 Å². The zero-order valence-electron chi connectivity index (χ0n) is 11.8. The summed E-state index contributed by atoms with van der Waals surface area (Å²) in [5, 5.41) is 9.38. The van der Waals surface area contributed by atoms with Gasteiger partial charge in [-0.2, -0.15) is 5.26 Å². The highest BCUT2D eigenvalue weighted by molar-refractivity contribution is 5.80. The maximum atomic E-state index is 11.7. The van der Waals surface area contributed by atoms with E-state index in [4.69, 9.17) is 5.73 Å². The molecule has 2 aliphatic rings. The molecule has 1 saturated heterocycles. The standard InChI is InChI=1S/C15H25N3O/c1-2-11-6-7-12(10-16)14(9-11)18-8-4-3-5-13(18)15(17)19/h11-14H,2-9H2,1H3,(H2,17,19). The number of piperidine rings is 1. The first-order valence-electron chi connectivity index (χ1n) is 7.62. The largest absolute Gasteiger partial charge is 0.368 e. The molecule has 4 unspecified atom stereocenters. The van der Waals surface area contributed by atoms with E-state index < -0.39 is 0 Å². The third-order valence-corrected chi connectivity index (χ3v) is 4.97. The molecule has 0 aromatic rings. The second-order valence-corrected chi connectivity index (χ2v) is 6.04. The predicted molar refractivity (Wildman–Crippen MR) is 74.1 cm³/mol. The number of nitriles is 1. The zero-order chi connectivity index (χ0) is 13.8. The monoisotopic (exact) mass is 263 g/mol. The Morgan fingerprint density at radius 2 is 2.16 bits per heavy atom. The number of amides is 1. The molecule has 4 atom stereocenters. The maximum absolute atomic E-state index is 11.7. The molecule has 2 N–H and O–H groups in total. The van der Waals surface area contributed by atoms with Crippen LogP contribution in [0.5, 0.6) is 0 Å². The van der Waals surface area contributed by atoms with Gasteiger partial charge >= 0.3 is 0 Å². The van der Waals surface area contributed by atoms with E-state index in [1.54, 1.807) is 0 Å². The quantitative estimate of drug-likeness (QED) is 0.847. The molecule has 1 aliphatic carbocycles. The number of hydrogen-bond acceptors (Lipinski definition) is 3. The molecule has 106 valence electrons. The number of nitrogens with two attached hydrogens (primary N) is 1. The van der Waals surface area contributed by atoms with Crippen molar-refractivity contribution in [2.75, 3.05) is 6.54 Å².